The number of halogens is 2. The summed E-state index contributed by atoms with van der Waals surface area (Å²) >= 11 is 5.62. The minimum atomic E-state index is -0.658. The highest BCUT2D eigenvalue weighted by molar-refractivity contribution is 6.31. The van der Waals surface area contributed by atoms with Gasteiger partial charge in [0.1, 0.15) is 0 Å². The molecular formula is C13H14ClFN2O2. The van der Waals surface area contributed by atoms with Gasteiger partial charge in [-0.1, -0.05) is 29.8 Å². The van der Waals surface area contributed by atoms with Gasteiger partial charge in [-0.25, -0.2) is 9.18 Å². The van der Waals surface area contributed by atoms with Crippen molar-refractivity contribution in [2.24, 2.45) is 5.92 Å². The van der Waals surface area contributed by atoms with Crippen molar-refractivity contribution in [3.8, 4) is 0 Å². The molecule has 4 nitrogen and oxygen atoms in total. The van der Waals surface area contributed by atoms with E-state index in [2.05, 4.69) is 10.6 Å². The first kappa shape index (κ1) is 13.8. The third kappa shape index (κ3) is 3.45. The van der Waals surface area contributed by atoms with Crippen molar-refractivity contribution in [3.63, 3.8) is 0 Å². The number of carbonyl (C=O) groups is 1. The van der Waals surface area contributed by atoms with Crippen molar-refractivity contribution in [3.05, 3.63) is 41.2 Å². The summed E-state index contributed by atoms with van der Waals surface area (Å²) in [6.45, 7) is 0.0548. The van der Waals surface area contributed by atoms with E-state index in [1.54, 1.807) is 6.07 Å². The topological polar surface area (TPSA) is 61.4 Å². The van der Waals surface area contributed by atoms with Crippen LogP contribution in [-0.4, -0.2) is 23.8 Å². The normalized spacial score (nSPS) is 21.4. The van der Waals surface area contributed by atoms with Crippen LogP contribution in [0.1, 0.15) is 6.42 Å². The molecule has 0 fully saturated rings. The molecule has 6 heteroatoms. The van der Waals surface area contributed by atoms with Crippen LogP contribution in [-0.2, 0) is 0 Å². The standard InChI is InChI=1S/C13H14ClFN2O2/c14-10-2-1-3-11(12(10)15)17-13(19)16-9-5-4-8(6-9)7-18/h1-5,8-9,18H,6-7H2,(H2,16,17,19)/t8-,9+/m0/s1. The van der Waals surface area contributed by atoms with Crippen LogP contribution in [0.4, 0.5) is 14.9 Å². The van der Waals surface area contributed by atoms with Crippen LogP contribution >= 0.6 is 11.6 Å². The first-order valence-corrected chi connectivity index (χ1v) is 6.28. The Balaban J connectivity index is 1.92. The van der Waals surface area contributed by atoms with Crippen LogP contribution < -0.4 is 10.6 Å². The van der Waals surface area contributed by atoms with Gasteiger partial charge in [-0.3, -0.25) is 0 Å². The maximum Gasteiger partial charge on any atom is 0.319 e. The number of carbonyl (C=O) groups excluding carboxylic acids is 1. The Kier molecular flexibility index (Phi) is 4.39. The average Bonchev–Trinajstić information content (AvgIpc) is 2.82. The third-order valence-corrected chi connectivity index (χ3v) is 3.21. The zero-order valence-corrected chi connectivity index (χ0v) is 10.8. The fourth-order valence-electron chi connectivity index (χ4n) is 1.94. The second-order valence-electron chi connectivity index (χ2n) is 4.37. The Morgan fingerprint density at radius 3 is 2.95 bits per heavy atom. The van der Waals surface area contributed by atoms with Crippen molar-refractivity contribution in [2.45, 2.75) is 12.5 Å². The molecule has 0 spiro atoms. The summed E-state index contributed by atoms with van der Waals surface area (Å²) in [5, 5.41) is 14.0. The molecule has 3 N–H and O–H groups in total. The number of hydrogen-bond donors (Lipinski definition) is 3. The van der Waals surface area contributed by atoms with Gasteiger partial charge in [0.25, 0.3) is 0 Å². The molecule has 0 unspecified atom stereocenters. The minimum absolute atomic E-state index is 0.0330. The quantitative estimate of drug-likeness (QED) is 0.747. The summed E-state index contributed by atoms with van der Waals surface area (Å²) in [7, 11) is 0. The van der Waals surface area contributed by atoms with Gasteiger partial charge >= 0.3 is 6.03 Å². The molecular weight excluding hydrogens is 271 g/mol. The van der Waals surface area contributed by atoms with Crippen LogP contribution in [0.25, 0.3) is 0 Å². The molecule has 1 aliphatic rings. The van der Waals surface area contributed by atoms with E-state index in [0.29, 0.717) is 6.42 Å². The number of urea groups is 1. The number of rotatable bonds is 3. The van der Waals surface area contributed by atoms with Gasteiger partial charge in [-0.05, 0) is 18.6 Å². The molecule has 1 aromatic rings. The monoisotopic (exact) mass is 284 g/mol. The number of amides is 2. The molecule has 19 heavy (non-hydrogen) atoms. The Bertz CT molecular complexity index is 507. The highest BCUT2D eigenvalue weighted by atomic mass is 35.5. The van der Waals surface area contributed by atoms with Crippen LogP contribution in [0.2, 0.25) is 5.02 Å². The van der Waals surface area contributed by atoms with Gasteiger partial charge in [-0.2, -0.15) is 0 Å². The van der Waals surface area contributed by atoms with E-state index < -0.39 is 11.8 Å². The molecule has 1 aliphatic carbocycles. The van der Waals surface area contributed by atoms with Gasteiger partial charge in [0.2, 0.25) is 0 Å². The fraction of sp³-hybridized carbons (Fsp3) is 0.308. The van der Waals surface area contributed by atoms with Gasteiger partial charge in [0.05, 0.1) is 10.7 Å². The maximum absolute atomic E-state index is 13.6. The number of benzene rings is 1. The SMILES string of the molecule is O=C(Nc1cccc(Cl)c1F)N[C@@H]1C=C[C@H](CO)C1. The van der Waals surface area contributed by atoms with Crippen molar-refractivity contribution < 1.29 is 14.3 Å². The molecule has 0 saturated heterocycles. The van der Waals surface area contributed by atoms with Crippen molar-refractivity contribution in [1.82, 2.24) is 5.32 Å². The van der Waals surface area contributed by atoms with Gasteiger partial charge < -0.3 is 15.7 Å². The van der Waals surface area contributed by atoms with E-state index in [-0.39, 0.29) is 29.3 Å². The lowest BCUT2D eigenvalue weighted by Crippen LogP contribution is -2.36. The molecule has 0 aliphatic heterocycles. The number of aliphatic hydroxyl groups excluding tert-OH is 1. The average molecular weight is 285 g/mol. The van der Waals surface area contributed by atoms with Crippen LogP contribution in [0.3, 0.4) is 0 Å². The summed E-state index contributed by atoms with van der Waals surface area (Å²) in [6, 6.07) is 3.74. The predicted molar refractivity (Wildman–Crippen MR) is 71.7 cm³/mol. The Morgan fingerprint density at radius 1 is 1.47 bits per heavy atom. The Hall–Kier alpha value is -1.59. The lowest BCUT2D eigenvalue weighted by molar-refractivity contribution is 0.238. The molecule has 2 atom stereocenters. The molecule has 102 valence electrons. The van der Waals surface area contributed by atoms with E-state index in [4.69, 9.17) is 16.7 Å². The highest BCUT2D eigenvalue weighted by Gasteiger charge is 2.20. The summed E-state index contributed by atoms with van der Waals surface area (Å²) in [5.41, 5.74) is 0.0330. The number of anilines is 1. The van der Waals surface area contributed by atoms with E-state index >= 15 is 0 Å². The molecule has 0 radical (unpaired) electrons. The van der Waals surface area contributed by atoms with Crippen molar-refractivity contribution in [1.29, 1.82) is 0 Å². The zero-order chi connectivity index (χ0) is 13.8. The van der Waals surface area contributed by atoms with Gasteiger partial charge in [0.15, 0.2) is 5.82 Å². The zero-order valence-electron chi connectivity index (χ0n) is 10.1. The second kappa shape index (κ2) is 6.04. The van der Waals surface area contributed by atoms with Crippen molar-refractivity contribution in [2.75, 3.05) is 11.9 Å². The van der Waals surface area contributed by atoms with E-state index in [9.17, 15) is 9.18 Å². The molecule has 2 amide bonds. The molecule has 1 aromatic carbocycles. The Morgan fingerprint density at radius 2 is 2.26 bits per heavy atom. The van der Waals surface area contributed by atoms with Gasteiger partial charge in [0, 0.05) is 18.6 Å². The van der Waals surface area contributed by atoms with Crippen molar-refractivity contribution >= 4 is 23.3 Å². The smallest absolute Gasteiger partial charge is 0.319 e. The summed E-state index contributed by atoms with van der Waals surface area (Å²) in [5.74, 6) is -0.595. The molecule has 0 bridgehead atoms. The highest BCUT2D eigenvalue weighted by Crippen LogP contribution is 2.22. The number of hydrogen-bond acceptors (Lipinski definition) is 2. The molecule has 2 rings (SSSR count). The first-order chi connectivity index (χ1) is 9.10. The predicted octanol–water partition coefficient (Wildman–Crippen LogP) is 2.54. The largest absolute Gasteiger partial charge is 0.396 e. The van der Waals surface area contributed by atoms with Crippen LogP contribution in [0, 0.1) is 11.7 Å². The van der Waals surface area contributed by atoms with E-state index in [0.717, 1.165) is 0 Å². The summed E-state index contributed by atoms with van der Waals surface area (Å²) < 4.78 is 13.6. The van der Waals surface area contributed by atoms with E-state index in [1.165, 1.54) is 12.1 Å². The van der Waals surface area contributed by atoms with Gasteiger partial charge in [-0.15, -0.1) is 0 Å². The van der Waals surface area contributed by atoms with E-state index in [1.807, 2.05) is 12.2 Å². The fourth-order valence-corrected chi connectivity index (χ4v) is 2.12. The third-order valence-electron chi connectivity index (χ3n) is 2.92. The summed E-state index contributed by atoms with van der Waals surface area (Å²) in [6.07, 6.45) is 4.31. The lowest BCUT2D eigenvalue weighted by Gasteiger charge is -2.14. The minimum Gasteiger partial charge on any atom is -0.396 e. The van der Waals surface area contributed by atoms with Crippen LogP contribution in [0.5, 0.6) is 0 Å². The Labute approximate surface area is 115 Å². The van der Waals surface area contributed by atoms with Crippen LogP contribution in [0.15, 0.2) is 30.4 Å². The first-order valence-electron chi connectivity index (χ1n) is 5.91. The maximum atomic E-state index is 13.6. The number of aliphatic hydroxyl groups is 1. The number of nitrogens with one attached hydrogen (secondary N) is 2. The second-order valence-corrected chi connectivity index (χ2v) is 4.78. The molecule has 0 aromatic heterocycles. The summed E-state index contributed by atoms with van der Waals surface area (Å²) in [4.78, 5) is 11.7. The molecule has 0 saturated carbocycles. The molecule has 0 heterocycles. The lowest BCUT2D eigenvalue weighted by atomic mass is 10.1.